The average Bonchev–Trinajstić information content (AvgIpc) is 3.17. The summed E-state index contributed by atoms with van der Waals surface area (Å²) in [5, 5.41) is 8.87. The maximum atomic E-state index is 13.2. The normalized spacial score (nSPS) is 11.2. The molecule has 12 nitrogen and oxygen atoms in total. The number of nitrogens with zero attached hydrogens (tertiary/aromatic N) is 6. The minimum Gasteiger partial charge on any atom is -0.383 e. The molecule has 0 saturated heterocycles. The van der Waals surface area contributed by atoms with Gasteiger partial charge in [0.05, 0.1) is 12.4 Å². The summed E-state index contributed by atoms with van der Waals surface area (Å²) in [6.45, 7) is 4.39. The lowest BCUT2D eigenvalue weighted by Gasteiger charge is -2.24. The van der Waals surface area contributed by atoms with Gasteiger partial charge in [-0.25, -0.2) is 4.79 Å². The molecule has 0 radical (unpaired) electrons. The van der Waals surface area contributed by atoms with Crippen LogP contribution in [-0.2, 0) is 23.1 Å². The highest BCUT2D eigenvalue weighted by atomic mass is 32.2. The van der Waals surface area contributed by atoms with Crippen molar-refractivity contribution in [2.24, 2.45) is 13.0 Å². The number of pyridine rings is 1. The van der Waals surface area contributed by atoms with Crippen LogP contribution < -0.4 is 21.9 Å². The number of carbonyl (C=O) groups excluding carboxylic acids is 1. The Hall–Kier alpha value is -3.45. The number of nitrogens with one attached hydrogen (secondary N) is 1. The number of H-pyrrole nitrogens is 1. The number of nitrogen functional groups attached to an aromatic ring is 1. The lowest BCUT2D eigenvalue weighted by molar-refractivity contribution is -0.116. The van der Waals surface area contributed by atoms with Gasteiger partial charge in [0.25, 0.3) is 5.56 Å². The molecule has 0 unspecified atom stereocenters. The van der Waals surface area contributed by atoms with Crippen LogP contribution in [0.5, 0.6) is 0 Å². The summed E-state index contributed by atoms with van der Waals surface area (Å²) in [4.78, 5) is 45.8. The van der Waals surface area contributed by atoms with Gasteiger partial charge < -0.3 is 19.9 Å². The largest absolute Gasteiger partial charge is 0.383 e. The first-order chi connectivity index (χ1) is 16.2. The second-order valence-corrected chi connectivity index (χ2v) is 8.87. The van der Waals surface area contributed by atoms with Crippen LogP contribution in [0.1, 0.15) is 13.8 Å². The number of methoxy groups -OCH3 is 1. The van der Waals surface area contributed by atoms with Crippen molar-refractivity contribution in [2.45, 2.75) is 25.5 Å². The van der Waals surface area contributed by atoms with Gasteiger partial charge in [-0.15, -0.1) is 10.2 Å². The fraction of sp³-hybridized carbons (Fsp3) is 0.429. The Morgan fingerprint density at radius 1 is 1.32 bits per heavy atom. The van der Waals surface area contributed by atoms with Crippen molar-refractivity contribution in [1.82, 2.24) is 29.3 Å². The number of amides is 1. The number of anilines is 2. The Morgan fingerprint density at radius 2 is 2.09 bits per heavy atom. The molecule has 182 valence electrons. The molecule has 3 aromatic rings. The van der Waals surface area contributed by atoms with Gasteiger partial charge in [-0.05, 0) is 18.1 Å². The second-order valence-electron chi connectivity index (χ2n) is 7.93. The lowest BCUT2D eigenvalue weighted by atomic mass is 10.2. The highest BCUT2D eigenvalue weighted by Crippen LogP contribution is 2.24. The number of rotatable bonds is 10. The van der Waals surface area contributed by atoms with E-state index in [1.807, 2.05) is 19.9 Å². The summed E-state index contributed by atoms with van der Waals surface area (Å²) in [6.07, 6.45) is 3.34. The molecule has 0 saturated carbocycles. The van der Waals surface area contributed by atoms with E-state index in [4.69, 9.17) is 10.5 Å². The van der Waals surface area contributed by atoms with Crippen molar-refractivity contribution in [3.8, 4) is 11.4 Å². The molecule has 0 aliphatic carbocycles. The molecular weight excluding hydrogens is 460 g/mol. The van der Waals surface area contributed by atoms with Gasteiger partial charge >= 0.3 is 5.69 Å². The van der Waals surface area contributed by atoms with E-state index >= 15 is 0 Å². The van der Waals surface area contributed by atoms with Crippen molar-refractivity contribution in [3.05, 3.63) is 45.4 Å². The van der Waals surface area contributed by atoms with Crippen LogP contribution in [0, 0.1) is 5.92 Å². The number of hydrogen-bond acceptors (Lipinski definition) is 9. The summed E-state index contributed by atoms with van der Waals surface area (Å²) in [5.74, 6) is 0.225. The molecule has 0 bridgehead atoms. The predicted octanol–water partition coefficient (Wildman–Crippen LogP) is 0.737. The fourth-order valence-electron chi connectivity index (χ4n) is 3.32. The van der Waals surface area contributed by atoms with E-state index in [9.17, 15) is 14.4 Å². The van der Waals surface area contributed by atoms with Crippen LogP contribution in [0.25, 0.3) is 11.4 Å². The first-order valence-electron chi connectivity index (χ1n) is 10.6. The molecule has 0 fully saturated rings. The summed E-state index contributed by atoms with van der Waals surface area (Å²) < 4.78 is 8.15. The van der Waals surface area contributed by atoms with Crippen molar-refractivity contribution < 1.29 is 9.53 Å². The predicted molar refractivity (Wildman–Crippen MR) is 130 cm³/mol. The zero-order chi connectivity index (χ0) is 24.8. The second kappa shape index (κ2) is 11.1. The molecule has 3 N–H and O–H groups in total. The molecule has 0 spiro atoms. The number of aromatic amines is 1. The molecular formula is C21H28N8O4S. The van der Waals surface area contributed by atoms with Crippen LogP contribution >= 0.6 is 11.8 Å². The van der Waals surface area contributed by atoms with Crippen LogP contribution in [0.2, 0.25) is 0 Å². The quantitative estimate of drug-likeness (QED) is 0.393. The Bertz CT molecular complexity index is 1250. The number of aromatic nitrogens is 6. The van der Waals surface area contributed by atoms with Gasteiger partial charge in [-0.3, -0.25) is 24.1 Å². The molecule has 3 aromatic heterocycles. The first kappa shape index (κ1) is 25.2. The third kappa shape index (κ3) is 5.54. The molecule has 34 heavy (non-hydrogen) atoms. The molecule has 0 aromatic carbocycles. The van der Waals surface area contributed by atoms with E-state index < -0.39 is 11.2 Å². The third-order valence-corrected chi connectivity index (χ3v) is 5.94. The van der Waals surface area contributed by atoms with E-state index in [1.54, 1.807) is 30.1 Å². The van der Waals surface area contributed by atoms with Gasteiger partial charge in [0.2, 0.25) is 5.91 Å². The maximum Gasteiger partial charge on any atom is 0.330 e. The van der Waals surface area contributed by atoms with Crippen LogP contribution in [0.3, 0.4) is 0 Å². The van der Waals surface area contributed by atoms with E-state index in [0.29, 0.717) is 17.5 Å². The molecule has 0 atom stereocenters. The summed E-state index contributed by atoms with van der Waals surface area (Å²) >= 11 is 1.17. The highest BCUT2D eigenvalue weighted by Gasteiger charge is 2.25. The molecule has 3 rings (SSSR count). The van der Waals surface area contributed by atoms with Gasteiger partial charge in [-0.2, -0.15) is 0 Å². The maximum absolute atomic E-state index is 13.2. The fourth-order valence-corrected chi connectivity index (χ4v) is 4.11. The van der Waals surface area contributed by atoms with E-state index in [0.717, 1.165) is 5.56 Å². The minimum atomic E-state index is -0.727. The first-order valence-corrected chi connectivity index (χ1v) is 11.6. The number of nitrogens with two attached hydrogens (primary N) is 1. The van der Waals surface area contributed by atoms with Gasteiger partial charge in [0.15, 0.2) is 16.7 Å². The van der Waals surface area contributed by atoms with Gasteiger partial charge in [-0.1, -0.05) is 25.6 Å². The monoisotopic (exact) mass is 488 g/mol. The zero-order valence-electron chi connectivity index (χ0n) is 19.5. The molecule has 0 aliphatic rings. The molecule has 1 amide bonds. The van der Waals surface area contributed by atoms with Crippen LogP contribution in [0.4, 0.5) is 11.5 Å². The van der Waals surface area contributed by atoms with Gasteiger partial charge in [0.1, 0.15) is 5.82 Å². The molecule has 13 heteroatoms. The Labute approximate surface area is 200 Å². The topological polar surface area (TPSA) is 154 Å². The SMILES string of the molecule is COCCN(C(=O)CSc1nnc(-c2cccnc2)n1C)c1c(N)n(CC(C)C)c(=O)[nH]c1=O. The number of thioether (sulfide) groups is 1. The number of ether oxygens (including phenoxy) is 1. The summed E-state index contributed by atoms with van der Waals surface area (Å²) in [5.41, 5.74) is 5.59. The Balaban J connectivity index is 1.87. The summed E-state index contributed by atoms with van der Waals surface area (Å²) in [7, 11) is 3.28. The number of hydrogen-bond donors (Lipinski definition) is 2. The van der Waals surface area contributed by atoms with E-state index in [-0.39, 0.29) is 42.2 Å². The van der Waals surface area contributed by atoms with Crippen LogP contribution in [-0.4, -0.2) is 61.2 Å². The van der Waals surface area contributed by atoms with Crippen molar-refractivity contribution in [1.29, 1.82) is 0 Å². The standard InChI is InChI=1S/C21H28N8O4S/c1-13(2)11-29-17(22)16(19(31)24-20(29)32)28(8-9-33-4)15(30)12-34-21-26-25-18(27(21)3)14-6-5-7-23-10-14/h5-7,10,13H,8-9,11-12,22H2,1-4H3,(H,24,31,32). The smallest absolute Gasteiger partial charge is 0.330 e. The van der Waals surface area contributed by atoms with E-state index in [1.165, 1.54) is 28.3 Å². The number of carbonyl (C=O) groups is 1. The Morgan fingerprint density at radius 3 is 2.74 bits per heavy atom. The summed E-state index contributed by atoms with van der Waals surface area (Å²) in [6, 6.07) is 3.67. The highest BCUT2D eigenvalue weighted by molar-refractivity contribution is 7.99. The average molecular weight is 489 g/mol. The van der Waals surface area contributed by atoms with Crippen molar-refractivity contribution >= 4 is 29.2 Å². The van der Waals surface area contributed by atoms with Gasteiger partial charge in [0, 0.05) is 45.2 Å². The molecule has 0 aliphatic heterocycles. The zero-order valence-corrected chi connectivity index (χ0v) is 20.3. The van der Waals surface area contributed by atoms with Crippen LogP contribution in [0.15, 0.2) is 39.3 Å². The Kier molecular flexibility index (Phi) is 8.23. The van der Waals surface area contributed by atoms with Crippen molar-refractivity contribution in [3.63, 3.8) is 0 Å². The van der Waals surface area contributed by atoms with Crippen molar-refractivity contribution in [2.75, 3.05) is 36.6 Å². The molecule has 3 heterocycles. The third-order valence-electron chi connectivity index (χ3n) is 4.93. The minimum absolute atomic E-state index is 0.0368. The lowest BCUT2D eigenvalue weighted by Crippen LogP contribution is -2.43. The van der Waals surface area contributed by atoms with E-state index in [2.05, 4.69) is 20.2 Å².